The number of benzene rings is 1. The first kappa shape index (κ1) is 29.1. The van der Waals surface area contributed by atoms with Crippen LogP contribution in [0.1, 0.15) is 39.2 Å². The van der Waals surface area contributed by atoms with Crippen molar-refractivity contribution in [3.63, 3.8) is 0 Å². The van der Waals surface area contributed by atoms with Gasteiger partial charge >= 0.3 is 25.6 Å². The topological polar surface area (TPSA) is 189 Å². The van der Waals surface area contributed by atoms with Crippen molar-refractivity contribution in [1.82, 2.24) is 5.32 Å². The summed E-state index contributed by atoms with van der Waals surface area (Å²) in [6, 6.07) is 6.53. The highest BCUT2D eigenvalue weighted by molar-refractivity contribution is 7.52. The van der Waals surface area contributed by atoms with E-state index < -0.39 is 55.6 Å². The SMILES string of the molecule is CC(C)(C)OC(=O)NCC(=O)Nc1ccc(CCOP(=O)(O)C[C@@H](CCC(=O)O)C(=O)O)cc1. The second-order valence-corrected chi connectivity index (χ2v) is 10.4. The molecule has 190 valence electrons. The quantitative estimate of drug-likeness (QED) is 0.251. The van der Waals surface area contributed by atoms with Gasteiger partial charge in [0.25, 0.3) is 0 Å². The van der Waals surface area contributed by atoms with Gasteiger partial charge in [-0.15, -0.1) is 0 Å². The number of alkyl carbamates (subject to hydrolysis) is 1. The third-order valence-electron chi connectivity index (χ3n) is 4.22. The van der Waals surface area contributed by atoms with Crippen LogP contribution in [0.15, 0.2) is 24.3 Å². The number of carbonyl (C=O) groups excluding carboxylic acids is 2. The molecule has 0 saturated heterocycles. The molecule has 1 rings (SSSR count). The molecule has 34 heavy (non-hydrogen) atoms. The van der Waals surface area contributed by atoms with E-state index in [4.69, 9.17) is 19.5 Å². The molecule has 0 bridgehead atoms. The maximum absolute atomic E-state index is 12.2. The molecule has 5 N–H and O–H groups in total. The van der Waals surface area contributed by atoms with Crippen LogP contribution in [-0.2, 0) is 34.6 Å². The van der Waals surface area contributed by atoms with Crippen molar-refractivity contribution in [3.8, 4) is 0 Å². The van der Waals surface area contributed by atoms with Gasteiger partial charge in [0.05, 0.1) is 18.7 Å². The molecule has 13 heteroatoms. The Morgan fingerprint density at radius 3 is 2.24 bits per heavy atom. The molecule has 0 saturated carbocycles. The standard InChI is InChI=1S/C21H31N2O10P/c1-21(2,3)33-20(29)22-12-17(24)23-16-7-4-14(5-8-16)10-11-32-34(30,31)13-15(19(27)28)6-9-18(25)26/h4-5,7-8,15H,6,9-13H2,1-3H3,(H,22,29)(H,23,24)(H,25,26)(H,27,28)(H,30,31)/t15-/m1/s1. The van der Waals surface area contributed by atoms with Gasteiger partial charge in [-0.3, -0.25) is 18.9 Å². The molecule has 0 radical (unpaired) electrons. The fourth-order valence-electron chi connectivity index (χ4n) is 2.65. The number of hydrogen-bond donors (Lipinski definition) is 5. The predicted octanol–water partition coefficient (Wildman–Crippen LogP) is 2.46. The molecule has 0 spiro atoms. The molecule has 0 heterocycles. The lowest BCUT2D eigenvalue weighted by molar-refractivity contribution is -0.142. The Morgan fingerprint density at radius 2 is 1.71 bits per heavy atom. The largest absolute Gasteiger partial charge is 0.481 e. The van der Waals surface area contributed by atoms with Crippen molar-refractivity contribution in [3.05, 3.63) is 29.8 Å². The van der Waals surface area contributed by atoms with Gasteiger partial charge in [-0.2, -0.15) is 0 Å². The van der Waals surface area contributed by atoms with Gasteiger partial charge < -0.3 is 35.0 Å². The minimum absolute atomic E-state index is 0.162. The maximum atomic E-state index is 12.2. The summed E-state index contributed by atoms with van der Waals surface area (Å²) in [5, 5.41) is 22.7. The Balaban J connectivity index is 2.46. The molecule has 12 nitrogen and oxygen atoms in total. The fraction of sp³-hybridized carbons (Fsp3) is 0.524. The van der Waals surface area contributed by atoms with E-state index in [0.717, 1.165) is 5.56 Å². The minimum atomic E-state index is -4.23. The third-order valence-corrected chi connectivity index (χ3v) is 5.71. The fourth-order valence-corrected chi connectivity index (χ4v) is 4.03. The smallest absolute Gasteiger partial charge is 0.408 e. The summed E-state index contributed by atoms with van der Waals surface area (Å²) in [5.74, 6) is -4.32. The lowest BCUT2D eigenvalue weighted by Gasteiger charge is -2.19. The molecule has 0 aliphatic rings. The molecule has 0 fully saturated rings. The van der Waals surface area contributed by atoms with Crippen LogP contribution in [0.3, 0.4) is 0 Å². The van der Waals surface area contributed by atoms with Gasteiger partial charge in [0.1, 0.15) is 12.1 Å². The molecule has 0 aliphatic carbocycles. The van der Waals surface area contributed by atoms with E-state index in [9.17, 15) is 28.6 Å². The molecule has 1 aromatic carbocycles. The van der Waals surface area contributed by atoms with Crippen molar-refractivity contribution < 1.29 is 48.1 Å². The van der Waals surface area contributed by atoms with Gasteiger partial charge in [-0.25, -0.2) is 4.79 Å². The summed E-state index contributed by atoms with van der Waals surface area (Å²) in [6.45, 7) is 4.67. The number of amides is 2. The number of aliphatic carboxylic acids is 2. The monoisotopic (exact) mass is 502 g/mol. The summed E-state index contributed by atoms with van der Waals surface area (Å²) in [5.41, 5.74) is 0.518. The number of carboxylic acid groups (broad SMARTS) is 2. The van der Waals surface area contributed by atoms with Gasteiger partial charge in [0.2, 0.25) is 5.91 Å². The van der Waals surface area contributed by atoms with Crippen LogP contribution < -0.4 is 10.6 Å². The molecule has 0 aliphatic heterocycles. The van der Waals surface area contributed by atoms with E-state index in [1.165, 1.54) is 0 Å². The lowest BCUT2D eigenvalue weighted by Crippen LogP contribution is -2.37. The highest BCUT2D eigenvalue weighted by atomic mass is 31.2. The van der Waals surface area contributed by atoms with Gasteiger partial charge in [-0.1, -0.05) is 12.1 Å². The summed E-state index contributed by atoms with van der Waals surface area (Å²) in [6.07, 6.45) is -1.87. The van der Waals surface area contributed by atoms with Gasteiger partial charge in [0.15, 0.2) is 0 Å². The summed E-state index contributed by atoms with van der Waals surface area (Å²) in [4.78, 5) is 55.2. The van der Waals surface area contributed by atoms with E-state index in [-0.39, 0.29) is 26.0 Å². The number of nitrogens with one attached hydrogen (secondary N) is 2. The van der Waals surface area contributed by atoms with E-state index >= 15 is 0 Å². The van der Waals surface area contributed by atoms with Crippen molar-refractivity contribution in [2.75, 3.05) is 24.6 Å². The van der Waals surface area contributed by atoms with E-state index in [1.54, 1.807) is 45.0 Å². The Morgan fingerprint density at radius 1 is 1.09 bits per heavy atom. The first-order chi connectivity index (χ1) is 15.7. The molecule has 1 unspecified atom stereocenters. The number of carbonyl (C=O) groups is 4. The molecule has 1 aromatic rings. The Labute approximate surface area is 197 Å². The normalized spacial score (nSPS) is 13.9. The number of carboxylic acids is 2. The Bertz CT molecular complexity index is 911. The summed E-state index contributed by atoms with van der Waals surface area (Å²) < 4.78 is 22.2. The highest BCUT2D eigenvalue weighted by Crippen LogP contribution is 2.44. The van der Waals surface area contributed by atoms with Crippen molar-refractivity contribution in [2.45, 2.75) is 45.6 Å². The van der Waals surface area contributed by atoms with Crippen LogP contribution in [0.25, 0.3) is 0 Å². The van der Waals surface area contributed by atoms with Gasteiger partial charge in [0, 0.05) is 12.1 Å². The molecule has 2 atom stereocenters. The zero-order chi connectivity index (χ0) is 25.9. The third kappa shape index (κ3) is 12.9. The molecular formula is C21H31N2O10P. The number of anilines is 1. The predicted molar refractivity (Wildman–Crippen MR) is 122 cm³/mol. The lowest BCUT2D eigenvalue weighted by atomic mass is 10.1. The van der Waals surface area contributed by atoms with E-state index in [2.05, 4.69) is 10.6 Å². The number of hydrogen-bond acceptors (Lipinski definition) is 7. The van der Waals surface area contributed by atoms with Gasteiger partial charge in [-0.05, 0) is 51.3 Å². The van der Waals surface area contributed by atoms with Crippen LogP contribution in [0.4, 0.5) is 10.5 Å². The minimum Gasteiger partial charge on any atom is -0.481 e. The second-order valence-electron chi connectivity index (χ2n) is 8.47. The maximum Gasteiger partial charge on any atom is 0.408 e. The van der Waals surface area contributed by atoms with Crippen LogP contribution in [0.5, 0.6) is 0 Å². The average molecular weight is 502 g/mol. The zero-order valence-electron chi connectivity index (χ0n) is 19.3. The van der Waals surface area contributed by atoms with E-state index in [1.807, 2.05) is 0 Å². The van der Waals surface area contributed by atoms with E-state index in [0.29, 0.717) is 5.69 Å². The van der Waals surface area contributed by atoms with Crippen LogP contribution in [-0.4, -0.2) is 64.0 Å². The van der Waals surface area contributed by atoms with Crippen molar-refractivity contribution in [1.29, 1.82) is 0 Å². The molecule has 0 aromatic heterocycles. The summed E-state index contributed by atoms with van der Waals surface area (Å²) >= 11 is 0. The number of rotatable bonds is 13. The van der Waals surface area contributed by atoms with Crippen LogP contribution >= 0.6 is 7.60 Å². The molecular weight excluding hydrogens is 471 g/mol. The first-order valence-corrected chi connectivity index (χ1v) is 12.2. The first-order valence-electron chi connectivity index (χ1n) is 10.4. The van der Waals surface area contributed by atoms with Crippen LogP contribution in [0, 0.1) is 5.92 Å². The Hall–Kier alpha value is -2.95. The second kappa shape index (κ2) is 13.1. The van der Waals surface area contributed by atoms with Crippen molar-refractivity contribution in [2.24, 2.45) is 5.92 Å². The average Bonchev–Trinajstić information content (AvgIpc) is 2.69. The molecule has 2 amide bonds. The summed E-state index contributed by atoms with van der Waals surface area (Å²) in [7, 11) is -4.23. The zero-order valence-corrected chi connectivity index (χ0v) is 20.2. The van der Waals surface area contributed by atoms with Crippen molar-refractivity contribution >= 4 is 37.2 Å². The van der Waals surface area contributed by atoms with Crippen LogP contribution in [0.2, 0.25) is 0 Å². The highest BCUT2D eigenvalue weighted by Gasteiger charge is 2.30. The number of ether oxygens (including phenoxy) is 1. The Kier molecular flexibility index (Phi) is 11.2.